The molecule has 0 radical (unpaired) electrons. The second-order valence-electron chi connectivity index (χ2n) is 2.80. The van der Waals surface area contributed by atoms with Crippen molar-refractivity contribution in [1.29, 1.82) is 5.26 Å². The van der Waals surface area contributed by atoms with E-state index in [0.717, 1.165) is 5.75 Å². The lowest BCUT2D eigenvalue weighted by molar-refractivity contribution is 0.383. The summed E-state index contributed by atoms with van der Waals surface area (Å²) < 4.78 is 4.84. The molecule has 0 fully saturated rings. The maximum Gasteiger partial charge on any atom is 0.240 e. The van der Waals surface area contributed by atoms with Gasteiger partial charge in [0.25, 0.3) is 0 Å². The average molecular weight is 197 g/mol. The van der Waals surface area contributed by atoms with Crippen LogP contribution in [0.25, 0.3) is 0 Å². The molecule has 1 heterocycles. The molecule has 70 valence electrons. The number of nitriles is 1. The fourth-order valence-corrected chi connectivity index (χ4v) is 1.33. The fourth-order valence-electron chi connectivity index (χ4n) is 0.729. The highest BCUT2D eigenvalue weighted by atomic mass is 32.2. The highest BCUT2D eigenvalue weighted by Gasteiger charge is 2.06. The second-order valence-corrected chi connectivity index (χ2v) is 4.36. The van der Waals surface area contributed by atoms with Gasteiger partial charge < -0.3 is 4.52 Å². The van der Waals surface area contributed by atoms with Crippen LogP contribution in [-0.4, -0.2) is 15.4 Å². The van der Waals surface area contributed by atoms with Gasteiger partial charge in [-0.3, -0.25) is 0 Å². The molecule has 0 aliphatic heterocycles. The Bertz CT molecular complexity index is 303. The van der Waals surface area contributed by atoms with Gasteiger partial charge in [-0.25, -0.2) is 0 Å². The molecule has 0 aromatic carbocycles. The number of nitrogens with zero attached hydrogens (tertiary/aromatic N) is 3. The summed E-state index contributed by atoms with van der Waals surface area (Å²) in [7, 11) is 0. The van der Waals surface area contributed by atoms with E-state index in [0.29, 0.717) is 17.0 Å². The topological polar surface area (TPSA) is 62.7 Å². The summed E-state index contributed by atoms with van der Waals surface area (Å²) in [6.45, 7) is 4.22. The zero-order chi connectivity index (χ0) is 9.68. The van der Waals surface area contributed by atoms with Gasteiger partial charge >= 0.3 is 0 Å². The number of rotatable bonds is 4. The Labute approximate surface area is 81.3 Å². The highest BCUT2D eigenvalue weighted by molar-refractivity contribution is 7.99. The average Bonchev–Trinajstić information content (AvgIpc) is 2.50. The van der Waals surface area contributed by atoms with E-state index >= 15 is 0 Å². The summed E-state index contributed by atoms with van der Waals surface area (Å²) in [6, 6.07) is 1.96. The summed E-state index contributed by atoms with van der Waals surface area (Å²) in [5.41, 5.74) is 0. The minimum atomic E-state index is 0.194. The Morgan fingerprint density at radius 3 is 3.00 bits per heavy atom. The van der Waals surface area contributed by atoms with Crippen molar-refractivity contribution in [3.05, 3.63) is 11.7 Å². The van der Waals surface area contributed by atoms with E-state index in [9.17, 15) is 0 Å². The van der Waals surface area contributed by atoms with Crippen molar-refractivity contribution < 1.29 is 4.52 Å². The first-order chi connectivity index (χ1) is 6.22. The fraction of sp³-hybridized carbons (Fsp3) is 0.625. The SMILES string of the molecule is CC(C)SCc1noc(CC#N)n1. The lowest BCUT2D eigenvalue weighted by Gasteiger charge is -1.98. The molecule has 0 spiro atoms. The molecule has 0 saturated carbocycles. The Balaban J connectivity index is 2.45. The minimum absolute atomic E-state index is 0.194. The molecule has 0 N–H and O–H groups in total. The zero-order valence-corrected chi connectivity index (χ0v) is 8.47. The van der Waals surface area contributed by atoms with Crippen LogP contribution in [0, 0.1) is 11.3 Å². The molecule has 1 aromatic rings. The van der Waals surface area contributed by atoms with Crippen LogP contribution in [0.4, 0.5) is 0 Å². The predicted molar refractivity (Wildman–Crippen MR) is 50.0 cm³/mol. The zero-order valence-electron chi connectivity index (χ0n) is 7.65. The van der Waals surface area contributed by atoms with E-state index in [2.05, 4.69) is 24.0 Å². The van der Waals surface area contributed by atoms with Crippen molar-refractivity contribution in [3.8, 4) is 6.07 Å². The smallest absolute Gasteiger partial charge is 0.240 e. The minimum Gasteiger partial charge on any atom is -0.338 e. The molecule has 0 atom stereocenters. The summed E-state index contributed by atoms with van der Waals surface area (Å²) in [5, 5.41) is 12.7. The van der Waals surface area contributed by atoms with E-state index in [1.807, 2.05) is 6.07 Å². The summed E-state index contributed by atoms with van der Waals surface area (Å²) >= 11 is 1.75. The highest BCUT2D eigenvalue weighted by Crippen LogP contribution is 2.14. The second kappa shape index (κ2) is 4.87. The van der Waals surface area contributed by atoms with Gasteiger partial charge in [0.05, 0.1) is 11.8 Å². The Kier molecular flexibility index (Phi) is 3.77. The maximum absolute atomic E-state index is 8.36. The normalized spacial score (nSPS) is 10.3. The molecule has 0 bridgehead atoms. The Hall–Kier alpha value is -1.02. The van der Waals surface area contributed by atoms with Gasteiger partial charge in [0, 0.05) is 0 Å². The van der Waals surface area contributed by atoms with Crippen LogP contribution in [0.2, 0.25) is 0 Å². The Morgan fingerprint density at radius 1 is 1.62 bits per heavy atom. The van der Waals surface area contributed by atoms with Crippen LogP contribution in [0.15, 0.2) is 4.52 Å². The maximum atomic E-state index is 8.36. The van der Waals surface area contributed by atoms with Crippen molar-refractivity contribution in [1.82, 2.24) is 10.1 Å². The van der Waals surface area contributed by atoms with Crippen molar-refractivity contribution in [3.63, 3.8) is 0 Å². The van der Waals surface area contributed by atoms with E-state index in [1.54, 1.807) is 11.8 Å². The number of thioether (sulfide) groups is 1. The van der Waals surface area contributed by atoms with Crippen LogP contribution in [0.3, 0.4) is 0 Å². The molecule has 0 aliphatic carbocycles. The molecule has 0 amide bonds. The van der Waals surface area contributed by atoms with Gasteiger partial charge in [0.1, 0.15) is 6.42 Å². The van der Waals surface area contributed by atoms with Crippen LogP contribution in [0.5, 0.6) is 0 Å². The van der Waals surface area contributed by atoms with E-state index < -0.39 is 0 Å². The first kappa shape index (κ1) is 10.1. The third kappa shape index (κ3) is 3.47. The van der Waals surface area contributed by atoms with Crippen molar-refractivity contribution in [2.24, 2.45) is 0 Å². The van der Waals surface area contributed by atoms with Crippen LogP contribution in [0.1, 0.15) is 25.6 Å². The van der Waals surface area contributed by atoms with Gasteiger partial charge in [-0.15, -0.1) is 0 Å². The lowest BCUT2D eigenvalue weighted by Crippen LogP contribution is -1.91. The van der Waals surface area contributed by atoms with E-state index in [4.69, 9.17) is 9.78 Å². The largest absolute Gasteiger partial charge is 0.338 e. The van der Waals surface area contributed by atoms with Crippen LogP contribution >= 0.6 is 11.8 Å². The van der Waals surface area contributed by atoms with E-state index in [-0.39, 0.29) is 6.42 Å². The molecule has 5 heteroatoms. The van der Waals surface area contributed by atoms with Gasteiger partial charge in [-0.2, -0.15) is 22.0 Å². The molecule has 0 aliphatic rings. The molecule has 0 saturated heterocycles. The Morgan fingerprint density at radius 2 is 2.38 bits per heavy atom. The molecular formula is C8H11N3OS. The first-order valence-corrected chi connectivity index (χ1v) is 5.07. The first-order valence-electron chi connectivity index (χ1n) is 4.02. The monoisotopic (exact) mass is 197 g/mol. The summed E-state index contributed by atoms with van der Waals surface area (Å²) in [6.07, 6.45) is 0.194. The third-order valence-corrected chi connectivity index (χ3v) is 2.38. The molecule has 0 unspecified atom stereocenters. The molecule has 13 heavy (non-hydrogen) atoms. The van der Waals surface area contributed by atoms with Gasteiger partial charge in [-0.05, 0) is 5.25 Å². The number of hydrogen-bond acceptors (Lipinski definition) is 5. The van der Waals surface area contributed by atoms with Gasteiger partial charge in [0.2, 0.25) is 5.89 Å². The quantitative estimate of drug-likeness (QED) is 0.736. The van der Waals surface area contributed by atoms with Gasteiger partial charge in [0.15, 0.2) is 5.82 Å². The number of aromatic nitrogens is 2. The van der Waals surface area contributed by atoms with Crippen LogP contribution < -0.4 is 0 Å². The molecule has 1 rings (SSSR count). The molecule has 1 aromatic heterocycles. The third-order valence-electron chi connectivity index (χ3n) is 1.29. The van der Waals surface area contributed by atoms with Crippen LogP contribution in [-0.2, 0) is 12.2 Å². The predicted octanol–water partition coefficient (Wildman–Crippen LogP) is 1.78. The number of hydrogen-bond donors (Lipinski definition) is 0. The van der Waals surface area contributed by atoms with E-state index in [1.165, 1.54) is 0 Å². The van der Waals surface area contributed by atoms with Gasteiger partial charge in [-0.1, -0.05) is 19.0 Å². The summed E-state index contributed by atoms with van der Waals surface area (Å²) in [5.74, 6) is 1.82. The standard InChI is InChI=1S/C8H11N3OS/c1-6(2)13-5-7-10-8(3-4-9)12-11-7/h6H,3,5H2,1-2H3. The molecule has 4 nitrogen and oxygen atoms in total. The van der Waals surface area contributed by atoms with Crippen molar-refractivity contribution in [2.75, 3.05) is 0 Å². The lowest BCUT2D eigenvalue weighted by atomic mass is 10.5. The molecular weight excluding hydrogens is 186 g/mol. The summed E-state index contributed by atoms with van der Waals surface area (Å²) in [4.78, 5) is 4.05. The van der Waals surface area contributed by atoms with Crippen molar-refractivity contribution >= 4 is 11.8 Å². The van der Waals surface area contributed by atoms with Crippen molar-refractivity contribution in [2.45, 2.75) is 31.3 Å².